The highest BCUT2D eigenvalue weighted by molar-refractivity contribution is 7.90. The van der Waals surface area contributed by atoms with Crippen molar-refractivity contribution in [2.24, 2.45) is 0 Å². The Morgan fingerprint density at radius 1 is 0.826 bits per heavy atom. The highest BCUT2D eigenvalue weighted by Crippen LogP contribution is 2.26. The summed E-state index contributed by atoms with van der Waals surface area (Å²) in [4.78, 5) is 8.37. The second kappa shape index (κ2) is 6.10. The van der Waals surface area contributed by atoms with Crippen molar-refractivity contribution in [1.29, 1.82) is 0 Å². The second-order valence-corrected chi connectivity index (χ2v) is 7.42. The Morgan fingerprint density at radius 2 is 1.43 bits per heavy atom. The van der Waals surface area contributed by atoms with E-state index in [1.807, 2.05) is 36.4 Å². The van der Waals surface area contributed by atoms with Crippen LogP contribution >= 0.6 is 11.6 Å². The van der Waals surface area contributed by atoms with E-state index in [4.69, 9.17) is 11.6 Å². The van der Waals surface area contributed by atoms with Crippen molar-refractivity contribution in [3.05, 3.63) is 65.7 Å². The van der Waals surface area contributed by atoms with Gasteiger partial charge in [0, 0.05) is 22.4 Å². The molecule has 116 valence electrons. The smallest absolute Gasteiger partial charge is 0.221 e. The SMILES string of the molecule is CS(=O)(=O)c1nc(-c2ccccc2)cc(-c2cccc(Cl)c2)n1. The van der Waals surface area contributed by atoms with E-state index in [9.17, 15) is 8.42 Å². The van der Waals surface area contributed by atoms with Gasteiger partial charge in [0.2, 0.25) is 15.0 Å². The van der Waals surface area contributed by atoms with Crippen LogP contribution in [-0.2, 0) is 9.84 Å². The van der Waals surface area contributed by atoms with Crippen molar-refractivity contribution in [2.45, 2.75) is 5.16 Å². The molecular weight excluding hydrogens is 332 g/mol. The van der Waals surface area contributed by atoms with Crippen LogP contribution in [0, 0.1) is 0 Å². The average Bonchev–Trinajstić information content (AvgIpc) is 2.54. The third kappa shape index (κ3) is 3.57. The third-order valence-electron chi connectivity index (χ3n) is 3.23. The first-order chi connectivity index (χ1) is 10.9. The third-order valence-corrected chi connectivity index (χ3v) is 4.31. The molecule has 0 fully saturated rings. The monoisotopic (exact) mass is 344 g/mol. The van der Waals surface area contributed by atoms with E-state index >= 15 is 0 Å². The van der Waals surface area contributed by atoms with E-state index in [-0.39, 0.29) is 5.16 Å². The number of sulfone groups is 1. The molecule has 4 nitrogen and oxygen atoms in total. The Hall–Kier alpha value is -2.24. The van der Waals surface area contributed by atoms with Gasteiger partial charge in [0.05, 0.1) is 11.4 Å². The molecule has 0 aliphatic carbocycles. The summed E-state index contributed by atoms with van der Waals surface area (Å²) in [5.74, 6) is 0. The number of rotatable bonds is 3. The topological polar surface area (TPSA) is 59.9 Å². The summed E-state index contributed by atoms with van der Waals surface area (Å²) < 4.78 is 23.8. The maximum Gasteiger partial charge on any atom is 0.247 e. The summed E-state index contributed by atoms with van der Waals surface area (Å²) >= 11 is 6.02. The minimum absolute atomic E-state index is 0.200. The Labute approximate surface area is 139 Å². The van der Waals surface area contributed by atoms with Crippen LogP contribution in [0.4, 0.5) is 0 Å². The predicted octanol–water partition coefficient (Wildman–Crippen LogP) is 3.87. The molecule has 0 saturated heterocycles. The number of aromatic nitrogens is 2. The number of hydrogen-bond acceptors (Lipinski definition) is 4. The summed E-state index contributed by atoms with van der Waals surface area (Å²) in [5.41, 5.74) is 2.63. The zero-order valence-electron chi connectivity index (χ0n) is 12.3. The van der Waals surface area contributed by atoms with Crippen LogP contribution in [-0.4, -0.2) is 24.6 Å². The van der Waals surface area contributed by atoms with Gasteiger partial charge in [-0.15, -0.1) is 0 Å². The molecule has 0 atom stereocenters. The maximum absolute atomic E-state index is 11.9. The maximum atomic E-state index is 11.9. The Balaban J connectivity index is 2.24. The van der Waals surface area contributed by atoms with Gasteiger partial charge in [0.15, 0.2) is 0 Å². The number of benzene rings is 2. The van der Waals surface area contributed by atoms with E-state index < -0.39 is 9.84 Å². The van der Waals surface area contributed by atoms with Crippen LogP contribution in [0.3, 0.4) is 0 Å². The van der Waals surface area contributed by atoms with Gasteiger partial charge in [-0.1, -0.05) is 54.1 Å². The van der Waals surface area contributed by atoms with Gasteiger partial charge in [0.1, 0.15) is 0 Å². The van der Waals surface area contributed by atoms with Gasteiger partial charge in [-0.2, -0.15) is 0 Å². The first-order valence-corrected chi connectivity index (χ1v) is 9.11. The molecule has 0 amide bonds. The van der Waals surface area contributed by atoms with E-state index in [2.05, 4.69) is 9.97 Å². The van der Waals surface area contributed by atoms with Crippen LogP contribution in [0.25, 0.3) is 22.5 Å². The quantitative estimate of drug-likeness (QED) is 0.677. The zero-order chi connectivity index (χ0) is 16.4. The molecule has 1 heterocycles. The molecule has 6 heteroatoms. The molecule has 2 aromatic carbocycles. The summed E-state index contributed by atoms with van der Waals surface area (Å²) in [6, 6.07) is 18.2. The lowest BCUT2D eigenvalue weighted by Gasteiger charge is -2.08. The van der Waals surface area contributed by atoms with E-state index in [0.29, 0.717) is 16.4 Å². The minimum Gasteiger partial charge on any atom is -0.221 e. The molecule has 0 bridgehead atoms. The number of hydrogen-bond donors (Lipinski definition) is 0. The standard InChI is InChI=1S/C17H13ClN2O2S/c1-23(21,22)17-19-15(12-6-3-2-4-7-12)11-16(20-17)13-8-5-9-14(18)10-13/h2-11H,1H3. The molecule has 0 aliphatic rings. The van der Waals surface area contributed by atoms with Crippen molar-refractivity contribution >= 4 is 21.4 Å². The van der Waals surface area contributed by atoms with Gasteiger partial charge < -0.3 is 0 Å². The van der Waals surface area contributed by atoms with E-state index in [1.165, 1.54) is 0 Å². The highest BCUT2D eigenvalue weighted by Gasteiger charge is 2.16. The van der Waals surface area contributed by atoms with Crippen LogP contribution in [0.1, 0.15) is 0 Å². The lowest BCUT2D eigenvalue weighted by Crippen LogP contribution is -2.06. The number of nitrogens with zero attached hydrogens (tertiary/aromatic N) is 2. The summed E-state index contributed by atoms with van der Waals surface area (Å²) in [7, 11) is -3.53. The first-order valence-electron chi connectivity index (χ1n) is 6.84. The normalized spacial score (nSPS) is 11.4. The number of halogens is 1. The van der Waals surface area contributed by atoms with Gasteiger partial charge >= 0.3 is 0 Å². The summed E-state index contributed by atoms with van der Waals surface area (Å²) in [6.45, 7) is 0. The highest BCUT2D eigenvalue weighted by atomic mass is 35.5. The fourth-order valence-corrected chi connectivity index (χ4v) is 2.86. The Bertz CT molecular complexity index is 957. The van der Waals surface area contributed by atoms with Crippen molar-refractivity contribution < 1.29 is 8.42 Å². The molecule has 3 aromatic rings. The molecule has 0 radical (unpaired) electrons. The Morgan fingerprint density at radius 3 is 2.04 bits per heavy atom. The average molecular weight is 345 g/mol. The second-order valence-electron chi connectivity index (χ2n) is 5.07. The molecule has 0 unspecified atom stereocenters. The van der Waals surface area contributed by atoms with E-state index in [1.54, 1.807) is 24.3 Å². The summed E-state index contributed by atoms with van der Waals surface area (Å²) in [6.07, 6.45) is 1.10. The fourth-order valence-electron chi connectivity index (χ4n) is 2.14. The van der Waals surface area contributed by atoms with Crippen molar-refractivity contribution in [1.82, 2.24) is 9.97 Å². The first kappa shape index (κ1) is 15.6. The fraction of sp³-hybridized carbons (Fsp3) is 0.0588. The van der Waals surface area contributed by atoms with Crippen molar-refractivity contribution in [3.63, 3.8) is 0 Å². The summed E-state index contributed by atoms with van der Waals surface area (Å²) in [5, 5.41) is 0.358. The largest absolute Gasteiger partial charge is 0.247 e. The van der Waals surface area contributed by atoms with Gasteiger partial charge in [-0.05, 0) is 18.2 Å². The van der Waals surface area contributed by atoms with Crippen molar-refractivity contribution in [3.8, 4) is 22.5 Å². The predicted molar refractivity (Wildman–Crippen MR) is 91.0 cm³/mol. The van der Waals surface area contributed by atoms with Crippen molar-refractivity contribution in [2.75, 3.05) is 6.26 Å². The molecule has 0 spiro atoms. The zero-order valence-corrected chi connectivity index (χ0v) is 13.8. The molecule has 3 rings (SSSR count). The van der Waals surface area contributed by atoms with Gasteiger partial charge in [0.25, 0.3) is 0 Å². The Kier molecular flexibility index (Phi) is 4.15. The molecule has 23 heavy (non-hydrogen) atoms. The molecule has 0 saturated carbocycles. The van der Waals surface area contributed by atoms with E-state index in [0.717, 1.165) is 17.4 Å². The van der Waals surface area contributed by atoms with Crippen LogP contribution in [0.5, 0.6) is 0 Å². The van der Waals surface area contributed by atoms with Crippen LogP contribution in [0.2, 0.25) is 5.02 Å². The minimum atomic E-state index is -3.53. The van der Waals surface area contributed by atoms with Crippen LogP contribution < -0.4 is 0 Å². The lowest BCUT2D eigenvalue weighted by molar-refractivity contribution is 0.593. The lowest BCUT2D eigenvalue weighted by atomic mass is 10.1. The molecule has 0 N–H and O–H groups in total. The molecule has 1 aromatic heterocycles. The molecule has 0 aliphatic heterocycles. The molecular formula is C17H13ClN2O2S. The van der Waals surface area contributed by atoms with Gasteiger partial charge in [-0.3, -0.25) is 0 Å². The van der Waals surface area contributed by atoms with Crippen LogP contribution in [0.15, 0.2) is 65.8 Å². The van der Waals surface area contributed by atoms with Gasteiger partial charge in [-0.25, -0.2) is 18.4 Å².